The van der Waals surface area contributed by atoms with Crippen LogP contribution < -0.4 is 18.9 Å². The van der Waals surface area contributed by atoms with Gasteiger partial charge in [-0.15, -0.1) is 0 Å². The van der Waals surface area contributed by atoms with Crippen LogP contribution in [0.3, 0.4) is 0 Å². The quantitative estimate of drug-likeness (QED) is 0.539. The molecule has 0 saturated carbocycles. The van der Waals surface area contributed by atoms with Gasteiger partial charge in [-0.05, 0) is 42.8 Å². The van der Waals surface area contributed by atoms with Gasteiger partial charge in [0.2, 0.25) is 12.6 Å². The minimum Gasteiger partial charge on any atom is -0.477 e. The van der Waals surface area contributed by atoms with Crippen molar-refractivity contribution in [3.63, 3.8) is 0 Å². The Morgan fingerprint density at radius 1 is 1.03 bits per heavy atom. The molecular weight excluding hydrogens is 425 g/mol. The zero-order valence-corrected chi connectivity index (χ0v) is 17.9. The molecule has 33 heavy (non-hydrogen) atoms. The summed E-state index contributed by atoms with van der Waals surface area (Å²) in [6, 6.07) is 14.0. The number of halogens is 1. The normalized spacial score (nSPS) is 17.5. The molecule has 6 nitrogen and oxygen atoms in total. The predicted molar refractivity (Wildman–Crippen MR) is 118 cm³/mol. The van der Waals surface area contributed by atoms with Crippen LogP contribution in [0.1, 0.15) is 32.6 Å². The third-order valence-corrected chi connectivity index (χ3v) is 6.04. The van der Waals surface area contributed by atoms with Gasteiger partial charge >= 0.3 is 0 Å². The summed E-state index contributed by atoms with van der Waals surface area (Å²) in [5, 5.41) is 0. The van der Waals surface area contributed by atoms with Gasteiger partial charge in [-0.25, -0.2) is 4.39 Å². The van der Waals surface area contributed by atoms with Gasteiger partial charge in [-0.3, -0.25) is 9.69 Å². The lowest BCUT2D eigenvalue weighted by Crippen LogP contribution is -2.32. The van der Waals surface area contributed by atoms with Crippen molar-refractivity contribution in [2.75, 3.05) is 13.5 Å². The predicted octanol–water partition coefficient (Wildman–Crippen LogP) is 4.83. The number of ketones is 1. The van der Waals surface area contributed by atoms with Crippen molar-refractivity contribution in [3.8, 4) is 23.0 Å². The Kier molecular flexibility index (Phi) is 4.58. The van der Waals surface area contributed by atoms with Gasteiger partial charge in [-0.2, -0.15) is 0 Å². The lowest BCUT2D eigenvalue weighted by Gasteiger charge is -2.30. The molecule has 0 atom stereocenters. The van der Waals surface area contributed by atoms with E-state index in [1.54, 1.807) is 18.2 Å². The zero-order chi connectivity index (χ0) is 22.5. The fraction of sp³-hybridized carbons (Fsp3) is 0.192. The molecule has 0 bridgehead atoms. The van der Waals surface area contributed by atoms with E-state index < -0.39 is 5.82 Å². The number of carbonyl (C=O) groups is 1. The van der Waals surface area contributed by atoms with E-state index in [-0.39, 0.29) is 18.3 Å². The van der Waals surface area contributed by atoms with E-state index >= 15 is 0 Å². The van der Waals surface area contributed by atoms with Gasteiger partial charge in [0.15, 0.2) is 17.3 Å². The highest BCUT2D eigenvalue weighted by molar-refractivity contribution is 6.15. The largest absolute Gasteiger partial charge is 0.477 e. The molecule has 3 aromatic rings. The van der Waals surface area contributed by atoms with E-state index in [1.807, 2.05) is 31.2 Å². The Balaban J connectivity index is 1.26. The summed E-state index contributed by atoms with van der Waals surface area (Å²) in [5.74, 6) is 2.15. The highest BCUT2D eigenvalue weighted by atomic mass is 19.1. The second-order valence-electron chi connectivity index (χ2n) is 8.28. The van der Waals surface area contributed by atoms with Gasteiger partial charge in [0.25, 0.3) is 0 Å². The summed E-state index contributed by atoms with van der Waals surface area (Å²) in [6.07, 6.45) is 1.45. The Morgan fingerprint density at radius 3 is 2.76 bits per heavy atom. The first-order valence-corrected chi connectivity index (χ1v) is 10.7. The summed E-state index contributed by atoms with van der Waals surface area (Å²) in [6.45, 7) is 3.82. The van der Waals surface area contributed by atoms with Crippen LogP contribution in [0.2, 0.25) is 0 Å². The number of allylic oxidation sites excluding steroid dienone is 1. The van der Waals surface area contributed by atoms with Gasteiger partial charge in [0.05, 0.1) is 5.56 Å². The van der Waals surface area contributed by atoms with Crippen LogP contribution in [0.15, 0.2) is 54.3 Å². The van der Waals surface area contributed by atoms with Crippen LogP contribution in [0.4, 0.5) is 4.39 Å². The molecule has 0 spiro atoms. The van der Waals surface area contributed by atoms with Gasteiger partial charge in [0, 0.05) is 29.8 Å². The molecule has 0 saturated heterocycles. The van der Waals surface area contributed by atoms with E-state index in [2.05, 4.69) is 4.90 Å². The summed E-state index contributed by atoms with van der Waals surface area (Å²) < 4.78 is 36.8. The molecule has 3 aliphatic rings. The average Bonchev–Trinajstić information content (AvgIpc) is 3.40. The number of carbonyl (C=O) groups excluding carboxylic acids is 1. The van der Waals surface area contributed by atoms with Gasteiger partial charge in [0.1, 0.15) is 24.0 Å². The Hall–Kier alpha value is -3.84. The smallest absolute Gasteiger partial charge is 0.231 e. The Labute approximate surface area is 189 Å². The minimum absolute atomic E-state index is 0.109. The lowest BCUT2D eigenvalue weighted by atomic mass is 9.99. The van der Waals surface area contributed by atoms with Crippen molar-refractivity contribution in [2.24, 2.45) is 0 Å². The zero-order valence-electron chi connectivity index (χ0n) is 17.9. The van der Waals surface area contributed by atoms with E-state index in [1.165, 1.54) is 12.1 Å². The van der Waals surface area contributed by atoms with Crippen molar-refractivity contribution >= 4 is 11.9 Å². The number of fused-ring (bicyclic) bond motifs is 3. The van der Waals surface area contributed by atoms with E-state index in [0.29, 0.717) is 36.7 Å². The molecule has 0 radical (unpaired) electrons. The molecule has 3 aliphatic heterocycles. The van der Waals surface area contributed by atoms with Crippen molar-refractivity contribution in [1.29, 1.82) is 0 Å². The minimum atomic E-state index is -0.407. The van der Waals surface area contributed by atoms with Gasteiger partial charge in [-0.1, -0.05) is 24.3 Å². The molecule has 3 aromatic carbocycles. The third kappa shape index (κ3) is 3.41. The molecule has 0 aromatic heterocycles. The van der Waals surface area contributed by atoms with Crippen molar-refractivity contribution in [2.45, 2.75) is 20.0 Å². The number of nitrogens with zero attached hydrogens (tertiary/aromatic N) is 1. The maximum absolute atomic E-state index is 14.1. The Morgan fingerprint density at radius 2 is 1.88 bits per heavy atom. The van der Waals surface area contributed by atoms with Crippen molar-refractivity contribution in [3.05, 3.63) is 87.9 Å². The summed E-state index contributed by atoms with van der Waals surface area (Å²) in [4.78, 5) is 15.2. The maximum atomic E-state index is 14.1. The average molecular weight is 445 g/mol. The topological polar surface area (TPSA) is 57.2 Å². The van der Waals surface area contributed by atoms with Crippen molar-refractivity contribution in [1.82, 2.24) is 4.90 Å². The van der Waals surface area contributed by atoms with E-state index in [0.717, 1.165) is 33.9 Å². The van der Waals surface area contributed by atoms with Gasteiger partial charge < -0.3 is 18.9 Å². The highest BCUT2D eigenvalue weighted by Crippen LogP contribution is 2.43. The highest BCUT2D eigenvalue weighted by Gasteiger charge is 2.33. The molecule has 0 amide bonds. The summed E-state index contributed by atoms with van der Waals surface area (Å²) >= 11 is 0. The number of rotatable bonds is 3. The van der Waals surface area contributed by atoms with Crippen LogP contribution in [-0.4, -0.2) is 24.2 Å². The fourth-order valence-corrected chi connectivity index (χ4v) is 4.43. The molecular formula is C26H20FNO5. The first kappa shape index (κ1) is 19.8. The molecule has 166 valence electrons. The second kappa shape index (κ2) is 7.64. The first-order valence-electron chi connectivity index (χ1n) is 10.7. The monoisotopic (exact) mass is 445 g/mol. The van der Waals surface area contributed by atoms with E-state index in [9.17, 15) is 9.18 Å². The van der Waals surface area contributed by atoms with E-state index in [4.69, 9.17) is 18.9 Å². The van der Waals surface area contributed by atoms with Crippen LogP contribution in [0.5, 0.6) is 23.0 Å². The number of ether oxygens (including phenoxy) is 4. The van der Waals surface area contributed by atoms with Crippen LogP contribution in [0, 0.1) is 12.7 Å². The first-order chi connectivity index (χ1) is 16.1. The maximum Gasteiger partial charge on any atom is 0.231 e. The number of benzene rings is 3. The summed E-state index contributed by atoms with van der Waals surface area (Å²) in [5.41, 5.74) is 3.56. The Bertz CT molecular complexity index is 1330. The molecule has 0 N–H and O–H groups in total. The van der Waals surface area contributed by atoms with Crippen molar-refractivity contribution < 1.29 is 28.1 Å². The second-order valence-corrected chi connectivity index (χ2v) is 8.28. The molecule has 0 aliphatic carbocycles. The number of Topliss-reactive ketones (excluding diaryl/α,β-unsaturated/α-hetero) is 1. The molecule has 3 heterocycles. The number of hydrogen-bond donors (Lipinski definition) is 0. The molecule has 0 fully saturated rings. The third-order valence-electron chi connectivity index (χ3n) is 6.04. The lowest BCUT2D eigenvalue weighted by molar-refractivity contribution is 0.0876. The SMILES string of the molecule is Cc1c2c(cc3c1O/C(=C\c1ccccc1F)C3=O)CN(Cc1ccc3c(c1)OCO3)CO2. The van der Waals surface area contributed by atoms with Crippen LogP contribution in [0.25, 0.3) is 6.08 Å². The molecule has 6 rings (SSSR count). The number of hydrogen-bond acceptors (Lipinski definition) is 6. The summed E-state index contributed by atoms with van der Waals surface area (Å²) in [7, 11) is 0. The standard InChI is InChI=1S/C26H20FNO5/c1-15-25-18(12-28(13-30-25)11-16-6-7-21-22(8-16)32-14-31-21)9-19-24(29)23(33-26(15)19)10-17-4-2-3-5-20(17)27/h2-10H,11-14H2,1H3/b23-10-. The molecule has 7 heteroatoms. The van der Waals surface area contributed by atoms with Crippen LogP contribution in [-0.2, 0) is 13.1 Å². The fourth-order valence-electron chi connectivity index (χ4n) is 4.43. The molecule has 0 unspecified atom stereocenters. The van der Waals surface area contributed by atoms with Crippen LogP contribution >= 0.6 is 0 Å².